The number of benzene rings is 1. The molecule has 0 saturated heterocycles. The van der Waals surface area contributed by atoms with Gasteiger partial charge in [-0.15, -0.1) is 0 Å². The number of nitrogens with one attached hydrogen (secondary N) is 1. The van der Waals surface area contributed by atoms with Crippen LogP contribution in [0.15, 0.2) is 18.2 Å². The second-order valence-electron chi connectivity index (χ2n) is 5.27. The first kappa shape index (κ1) is 15.6. The van der Waals surface area contributed by atoms with Crippen LogP contribution in [0.25, 0.3) is 0 Å². The van der Waals surface area contributed by atoms with Gasteiger partial charge in [0, 0.05) is 6.04 Å². The van der Waals surface area contributed by atoms with Crippen LogP contribution in [0.1, 0.15) is 43.0 Å². The van der Waals surface area contributed by atoms with E-state index in [1.807, 2.05) is 0 Å². The second kappa shape index (κ2) is 6.80. The first-order valence-corrected chi connectivity index (χ1v) is 7.41. The minimum Gasteiger partial charge on any atom is -0.449 e. The molecule has 114 valence electrons. The molecule has 1 fully saturated rings. The number of hydrogen-bond donors (Lipinski definition) is 2. The Kier molecular flexibility index (Phi) is 5.07. The zero-order valence-electron chi connectivity index (χ0n) is 11.9. The molecule has 5 nitrogen and oxygen atoms in total. The van der Waals surface area contributed by atoms with E-state index in [0.717, 1.165) is 25.7 Å². The lowest BCUT2D eigenvalue weighted by molar-refractivity contribution is -0.129. The molecule has 1 atom stereocenters. The monoisotopic (exact) mass is 310 g/mol. The smallest absolute Gasteiger partial charge is 0.338 e. The molecule has 21 heavy (non-hydrogen) atoms. The summed E-state index contributed by atoms with van der Waals surface area (Å²) in [7, 11) is 0. The molecular formula is C15H19ClN2O3. The third-order valence-corrected chi connectivity index (χ3v) is 3.93. The largest absolute Gasteiger partial charge is 0.449 e. The molecule has 1 aromatic carbocycles. The van der Waals surface area contributed by atoms with E-state index in [0.29, 0.717) is 10.7 Å². The zero-order valence-corrected chi connectivity index (χ0v) is 12.7. The Morgan fingerprint density at radius 2 is 2.05 bits per heavy atom. The molecule has 1 aromatic rings. The van der Waals surface area contributed by atoms with Gasteiger partial charge in [-0.25, -0.2) is 4.79 Å². The minimum absolute atomic E-state index is 0.199. The van der Waals surface area contributed by atoms with E-state index in [2.05, 4.69) is 5.32 Å². The Morgan fingerprint density at radius 3 is 2.67 bits per heavy atom. The molecule has 1 aliphatic rings. The van der Waals surface area contributed by atoms with Gasteiger partial charge in [0.2, 0.25) is 0 Å². The molecule has 6 heteroatoms. The van der Waals surface area contributed by atoms with Crippen molar-refractivity contribution in [2.24, 2.45) is 0 Å². The summed E-state index contributed by atoms with van der Waals surface area (Å²) in [5, 5.41) is 3.27. The Bertz CT molecular complexity index is 542. The second-order valence-corrected chi connectivity index (χ2v) is 5.68. The van der Waals surface area contributed by atoms with Crippen molar-refractivity contribution in [2.45, 2.75) is 44.8 Å². The van der Waals surface area contributed by atoms with Crippen LogP contribution in [0.4, 0.5) is 5.69 Å². The van der Waals surface area contributed by atoms with Gasteiger partial charge in [-0.3, -0.25) is 4.79 Å². The SMILES string of the molecule is C[C@@H](OC(=O)c1ccc(Cl)c(N)c1)C(=O)NC1CCCC1. The van der Waals surface area contributed by atoms with Crippen LogP contribution in [0.2, 0.25) is 5.02 Å². The third-order valence-electron chi connectivity index (χ3n) is 3.59. The molecular weight excluding hydrogens is 292 g/mol. The fourth-order valence-electron chi connectivity index (χ4n) is 2.34. The highest BCUT2D eigenvalue weighted by Gasteiger charge is 2.23. The average molecular weight is 311 g/mol. The Morgan fingerprint density at radius 1 is 1.38 bits per heavy atom. The quantitative estimate of drug-likeness (QED) is 0.661. The van der Waals surface area contributed by atoms with E-state index >= 15 is 0 Å². The summed E-state index contributed by atoms with van der Waals surface area (Å²) in [6.45, 7) is 1.56. The third kappa shape index (κ3) is 4.11. The van der Waals surface area contributed by atoms with E-state index in [-0.39, 0.29) is 17.5 Å². The van der Waals surface area contributed by atoms with Crippen molar-refractivity contribution in [3.8, 4) is 0 Å². The number of nitrogens with two attached hydrogens (primary N) is 1. The highest BCUT2D eigenvalue weighted by molar-refractivity contribution is 6.33. The number of hydrogen-bond acceptors (Lipinski definition) is 4. The fourth-order valence-corrected chi connectivity index (χ4v) is 2.46. The highest BCUT2D eigenvalue weighted by Crippen LogP contribution is 2.20. The number of carbonyl (C=O) groups excluding carboxylic acids is 2. The number of anilines is 1. The predicted octanol–water partition coefficient (Wildman–Crippen LogP) is 2.53. The van der Waals surface area contributed by atoms with Gasteiger partial charge in [0.05, 0.1) is 16.3 Å². The summed E-state index contributed by atoms with van der Waals surface area (Å²) in [6, 6.07) is 4.68. The summed E-state index contributed by atoms with van der Waals surface area (Å²) in [5.41, 5.74) is 6.21. The maximum Gasteiger partial charge on any atom is 0.338 e. The maximum absolute atomic E-state index is 12.0. The molecule has 3 N–H and O–H groups in total. The number of halogens is 1. The summed E-state index contributed by atoms with van der Waals surface area (Å²) < 4.78 is 5.15. The Hall–Kier alpha value is -1.75. The molecule has 0 unspecified atom stereocenters. The van der Waals surface area contributed by atoms with Crippen molar-refractivity contribution in [3.63, 3.8) is 0 Å². The van der Waals surface area contributed by atoms with Crippen LogP contribution in [0, 0.1) is 0 Å². The van der Waals surface area contributed by atoms with Crippen LogP contribution in [0.3, 0.4) is 0 Å². The molecule has 0 aliphatic heterocycles. The lowest BCUT2D eigenvalue weighted by Gasteiger charge is -2.17. The van der Waals surface area contributed by atoms with Gasteiger partial charge in [-0.2, -0.15) is 0 Å². The summed E-state index contributed by atoms with van der Waals surface area (Å²) in [4.78, 5) is 23.9. The van der Waals surface area contributed by atoms with Crippen molar-refractivity contribution in [3.05, 3.63) is 28.8 Å². The highest BCUT2D eigenvalue weighted by atomic mass is 35.5. The standard InChI is InChI=1S/C15H19ClN2O3/c1-9(14(19)18-11-4-2-3-5-11)21-15(20)10-6-7-12(16)13(17)8-10/h6-9,11H,2-5,17H2,1H3,(H,18,19)/t9-/m1/s1. The molecule has 0 aromatic heterocycles. The Labute approximate surface area is 128 Å². The van der Waals surface area contributed by atoms with E-state index in [4.69, 9.17) is 22.1 Å². The number of amides is 1. The zero-order chi connectivity index (χ0) is 15.4. The van der Waals surface area contributed by atoms with Crippen molar-refractivity contribution in [1.29, 1.82) is 0 Å². The van der Waals surface area contributed by atoms with E-state index in [1.165, 1.54) is 18.2 Å². The minimum atomic E-state index is -0.838. The van der Waals surface area contributed by atoms with Crippen molar-refractivity contribution >= 4 is 29.2 Å². The van der Waals surface area contributed by atoms with Gasteiger partial charge in [0.1, 0.15) is 0 Å². The summed E-state index contributed by atoms with van der Waals surface area (Å²) >= 11 is 5.80. The predicted molar refractivity (Wildman–Crippen MR) is 81.1 cm³/mol. The van der Waals surface area contributed by atoms with E-state index in [1.54, 1.807) is 6.92 Å². The van der Waals surface area contributed by atoms with Crippen molar-refractivity contribution < 1.29 is 14.3 Å². The van der Waals surface area contributed by atoms with Gasteiger partial charge in [0.15, 0.2) is 6.10 Å². The lowest BCUT2D eigenvalue weighted by Crippen LogP contribution is -2.40. The maximum atomic E-state index is 12.0. The van der Waals surface area contributed by atoms with Crippen LogP contribution in [0.5, 0.6) is 0 Å². The normalized spacial score (nSPS) is 16.5. The molecule has 1 saturated carbocycles. The van der Waals surface area contributed by atoms with E-state index < -0.39 is 12.1 Å². The fraction of sp³-hybridized carbons (Fsp3) is 0.467. The van der Waals surface area contributed by atoms with Gasteiger partial charge in [-0.05, 0) is 38.0 Å². The topological polar surface area (TPSA) is 81.4 Å². The number of rotatable bonds is 4. The summed E-state index contributed by atoms with van der Waals surface area (Å²) in [5.74, 6) is -0.857. The molecule has 0 spiro atoms. The van der Waals surface area contributed by atoms with Gasteiger partial charge < -0.3 is 15.8 Å². The molecule has 0 radical (unpaired) electrons. The molecule has 1 amide bonds. The first-order valence-electron chi connectivity index (χ1n) is 7.03. The van der Waals surface area contributed by atoms with Crippen molar-refractivity contribution in [2.75, 3.05) is 5.73 Å². The first-order chi connectivity index (χ1) is 9.97. The van der Waals surface area contributed by atoms with Gasteiger partial charge in [0.25, 0.3) is 5.91 Å². The number of carbonyl (C=O) groups is 2. The Balaban J connectivity index is 1.91. The molecule has 0 bridgehead atoms. The van der Waals surface area contributed by atoms with Crippen LogP contribution >= 0.6 is 11.6 Å². The van der Waals surface area contributed by atoms with Crippen molar-refractivity contribution in [1.82, 2.24) is 5.32 Å². The molecule has 0 heterocycles. The van der Waals surface area contributed by atoms with Gasteiger partial charge in [-0.1, -0.05) is 24.4 Å². The lowest BCUT2D eigenvalue weighted by atomic mass is 10.2. The molecule has 1 aliphatic carbocycles. The van der Waals surface area contributed by atoms with Crippen LogP contribution < -0.4 is 11.1 Å². The average Bonchev–Trinajstić information content (AvgIpc) is 2.94. The summed E-state index contributed by atoms with van der Waals surface area (Å²) in [6.07, 6.45) is 3.39. The van der Waals surface area contributed by atoms with E-state index in [9.17, 15) is 9.59 Å². The molecule has 2 rings (SSSR count). The van der Waals surface area contributed by atoms with Gasteiger partial charge >= 0.3 is 5.97 Å². The number of ether oxygens (including phenoxy) is 1. The van der Waals surface area contributed by atoms with Crippen LogP contribution in [-0.2, 0) is 9.53 Å². The van der Waals surface area contributed by atoms with Crippen LogP contribution in [-0.4, -0.2) is 24.0 Å². The number of nitrogen functional groups attached to an aromatic ring is 1. The number of esters is 1.